The molecule has 124 valence electrons. The molecular formula is C17H17BrN4OS. The lowest BCUT2D eigenvalue weighted by atomic mass is 10.1. The Labute approximate surface area is 152 Å². The summed E-state index contributed by atoms with van der Waals surface area (Å²) in [5.41, 5.74) is 8.68. The second-order valence-corrected chi connectivity index (χ2v) is 7.49. The number of pyridine rings is 1. The number of nitrogens with zero attached hydrogens (tertiary/aromatic N) is 2. The summed E-state index contributed by atoms with van der Waals surface area (Å²) in [7, 11) is 0. The highest BCUT2D eigenvalue weighted by atomic mass is 79.9. The minimum Gasteiger partial charge on any atom is -0.398 e. The lowest BCUT2D eigenvalue weighted by Gasteiger charge is -2.08. The van der Waals surface area contributed by atoms with Crippen LogP contribution in [0.3, 0.4) is 0 Å². The van der Waals surface area contributed by atoms with Gasteiger partial charge in [-0.15, -0.1) is 11.8 Å². The SMILES string of the molecule is CCSc1c(NC(=O)c2ccc(C)cc2N)nc2ccc(Br)cn12. The van der Waals surface area contributed by atoms with Crippen molar-refractivity contribution in [3.05, 3.63) is 52.1 Å². The van der Waals surface area contributed by atoms with Gasteiger partial charge in [-0.3, -0.25) is 9.20 Å². The molecule has 3 N–H and O–H groups in total. The molecule has 0 unspecified atom stereocenters. The molecule has 3 aromatic rings. The standard InChI is InChI=1S/C17H17BrN4OS/c1-3-24-17-15(20-14-7-5-11(18)9-22(14)17)21-16(23)12-6-4-10(2)8-13(12)19/h4-9H,3,19H2,1-2H3,(H,21,23). The number of carbonyl (C=O) groups excluding carboxylic acids is 1. The molecule has 24 heavy (non-hydrogen) atoms. The van der Waals surface area contributed by atoms with E-state index in [0.717, 1.165) is 26.5 Å². The molecule has 2 heterocycles. The smallest absolute Gasteiger partial charge is 0.258 e. The number of carbonyl (C=O) groups is 1. The van der Waals surface area contributed by atoms with Gasteiger partial charge in [0.15, 0.2) is 5.82 Å². The molecule has 0 aliphatic rings. The first-order valence-electron chi connectivity index (χ1n) is 7.47. The highest BCUT2D eigenvalue weighted by Gasteiger charge is 2.17. The summed E-state index contributed by atoms with van der Waals surface area (Å²) in [6.07, 6.45) is 1.94. The van der Waals surface area contributed by atoms with Crippen LogP contribution in [0.5, 0.6) is 0 Å². The number of thioether (sulfide) groups is 1. The number of hydrogen-bond acceptors (Lipinski definition) is 4. The Morgan fingerprint density at radius 1 is 1.38 bits per heavy atom. The summed E-state index contributed by atoms with van der Waals surface area (Å²) in [4.78, 5) is 17.1. The summed E-state index contributed by atoms with van der Waals surface area (Å²) < 4.78 is 2.91. The number of nitrogens with one attached hydrogen (secondary N) is 1. The van der Waals surface area contributed by atoms with E-state index in [2.05, 4.69) is 33.2 Å². The van der Waals surface area contributed by atoms with Crippen molar-refractivity contribution < 1.29 is 4.79 Å². The fourth-order valence-corrected chi connectivity index (χ4v) is 3.55. The number of amides is 1. The maximum atomic E-state index is 12.6. The van der Waals surface area contributed by atoms with Crippen molar-refractivity contribution in [2.75, 3.05) is 16.8 Å². The molecular weight excluding hydrogens is 388 g/mol. The molecule has 7 heteroatoms. The first-order chi connectivity index (χ1) is 11.5. The first-order valence-corrected chi connectivity index (χ1v) is 9.25. The lowest BCUT2D eigenvalue weighted by Crippen LogP contribution is -2.15. The van der Waals surface area contributed by atoms with Gasteiger partial charge in [-0.2, -0.15) is 0 Å². The van der Waals surface area contributed by atoms with E-state index in [-0.39, 0.29) is 5.91 Å². The zero-order chi connectivity index (χ0) is 17.3. The number of hydrogen-bond donors (Lipinski definition) is 2. The third kappa shape index (κ3) is 3.27. The Morgan fingerprint density at radius 3 is 2.88 bits per heavy atom. The molecule has 5 nitrogen and oxygen atoms in total. The Bertz CT molecular complexity index is 922. The number of fused-ring (bicyclic) bond motifs is 1. The predicted molar refractivity (Wildman–Crippen MR) is 103 cm³/mol. The van der Waals surface area contributed by atoms with Crippen LogP contribution in [0.1, 0.15) is 22.8 Å². The molecule has 0 saturated heterocycles. The number of halogens is 1. The quantitative estimate of drug-likeness (QED) is 0.500. The number of benzene rings is 1. The van der Waals surface area contributed by atoms with Gasteiger partial charge in [0.05, 0.1) is 5.56 Å². The zero-order valence-corrected chi connectivity index (χ0v) is 15.7. The molecule has 0 atom stereocenters. The molecule has 0 spiro atoms. The van der Waals surface area contributed by atoms with Crippen LogP contribution in [0, 0.1) is 6.92 Å². The van der Waals surface area contributed by atoms with Crippen molar-refractivity contribution >= 4 is 50.8 Å². The second-order valence-electron chi connectivity index (χ2n) is 5.32. The summed E-state index contributed by atoms with van der Waals surface area (Å²) >= 11 is 5.09. The lowest BCUT2D eigenvalue weighted by molar-refractivity contribution is 0.102. The Kier molecular flexibility index (Phi) is 4.82. The Balaban J connectivity index is 1.99. The van der Waals surface area contributed by atoms with Crippen LogP contribution >= 0.6 is 27.7 Å². The predicted octanol–water partition coefficient (Wildman–Crippen LogP) is 4.35. The van der Waals surface area contributed by atoms with Crippen molar-refractivity contribution in [2.24, 2.45) is 0 Å². The Morgan fingerprint density at radius 2 is 2.17 bits per heavy atom. The van der Waals surface area contributed by atoms with E-state index in [4.69, 9.17) is 5.73 Å². The Hall–Kier alpha value is -1.99. The monoisotopic (exact) mass is 404 g/mol. The number of aryl methyl sites for hydroxylation is 1. The van der Waals surface area contributed by atoms with Gasteiger partial charge in [-0.25, -0.2) is 4.98 Å². The number of rotatable bonds is 4. The van der Waals surface area contributed by atoms with E-state index in [0.29, 0.717) is 17.1 Å². The van der Waals surface area contributed by atoms with E-state index in [1.807, 2.05) is 35.7 Å². The third-order valence-electron chi connectivity index (χ3n) is 3.50. The molecule has 2 aromatic heterocycles. The van der Waals surface area contributed by atoms with Gasteiger partial charge in [0, 0.05) is 16.4 Å². The molecule has 0 radical (unpaired) electrons. The first kappa shape index (κ1) is 16.9. The fraction of sp³-hybridized carbons (Fsp3) is 0.176. The maximum Gasteiger partial charge on any atom is 0.258 e. The van der Waals surface area contributed by atoms with Crippen LogP contribution in [-0.4, -0.2) is 21.0 Å². The highest BCUT2D eigenvalue weighted by molar-refractivity contribution is 9.10. The number of imidazole rings is 1. The molecule has 1 aromatic carbocycles. The minimum atomic E-state index is -0.257. The number of aromatic nitrogens is 2. The number of nitrogen functional groups attached to an aromatic ring is 1. The van der Waals surface area contributed by atoms with Gasteiger partial charge in [0.25, 0.3) is 5.91 Å². The summed E-state index contributed by atoms with van der Waals surface area (Å²) in [5.74, 6) is 1.16. The number of nitrogens with two attached hydrogens (primary N) is 1. The van der Waals surface area contributed by atoms with Crippen LogP contribution in [0.25, 0.3) is 5.65 Å². The molecule has 0 bridgehead atoms. The van der Waals surface area contributed by atoms with Gasteiger partial charge in [-0.1, -0.05) is 13.0 Å². The van der Waals surface area contributed by atoms with E-state index >= 15 is 0 Å². The maximum absolute atomic E-state index is 12.6. The fourth-order valence-electron chi connectivity index (χ4n) is 2.42. The van der Waals surface area contributed by atoms with Crippen molar-refractivity contribution in [1.82, 2.24) is 9.38 Å². The van der Waals surface area contributed by atoms with Gasteiger partial charge in [0.1, 0.15) is 10.7 Å². The van der Waals surface area contributed by atoms with Gasteiger partial charge >= 0.3 is 0 Å². The molecule has 1 amide bonds. The van der Waals surface area contributed by atoms with Crippen LogP contribution in [0.4, 0.5) is 11.5 Å². The highest BCUT2D eigenvalue weighted by Crippen LogP contribution is 2.30. The molecule has 0 aliphatic heterocycles. The molecule has 0 fully saturated rings. The van der Waals surface area contributed by atoms with Crippen molar-refractivity contribution in [2.45, 2.75) is 18.9 Å². The van der Waals surface area contributed by atoms with E-state index in [1.165, 1.54) is 0 Å². The van der Waals surface area contributed by atoms with Crippen molar-refractivity contribution in [3.63, 3.8) is 0 Å². The van der Waals surface area contributed by atoms with Crippen LogP contribution in [0.2, 0.25) is 0 Å². The van der Waals surface area contributed by atoms with Crippen LogP contribution < -0.4 is 11.1 Å². The van der Waals surface area contributed by atoms with Crippen molar-refractivity contribution in [1.29, 1.82) is 0 Å². The average Bonchev–Trinajstić information content (AvgIpc) is 2.85. The van der Waals surface area contributed by atoms with Gasteiger partial charge in [-0.05, 0) is 58.4 Å². The average molecular weight is 405 g/mol. The third-order valence-corrected chi connectivity index (χ3v) is 4.92. The molecule has 0 saturated carbocycles. The minimum absolute atomic E-state index is 0.257. The number of anilines is 2. The van der Waals surface area contributed by atoms with Gasteiger partial charge < -0.3 is 11.1 Å². The summed E-state index contributed by atoms with van der Waals surface area (Å²) in [6, 6.07) is 9.22. The largest absolute Gasteiger partial charge is 0.398 e. The second kappa shape index (κ2) is 6.86. The van der Waals surface area contributed by atoms with E-state index < -0.39 is 0 Å². The topological polar surface area (TPSA) is 72.4 Å². The van der Waals surface area contributed by atoms with Crippen LogP contribution in [-0.2, 0) is 0 Å². The molecule has 0 aliphatic carbocycles. The zero-order valence-electron chi connectivity index (χ0n) is 13.3. The summed E-state index contributed by atoms with van der Waals surface area (Å²) in [6.45, 7) is 4.00. The van der Waals surface area contributed by atoms with Crippen LogP contribution in [0.15, 0.2) is 46.0 Å². The van der Waals surface area contributed by atoms with Gasteiger partial charge in [0.2, 0.25) is 0 Å². The van der Waals surface area contributed by atoms with E-state index in [1.54, 1.807) is 23.9 Å². The van der Waals surface area contributed by atoms with E-state index in [9.17, 15) is 4.79 Å². The summed E-state index contributed by atoms with van der Waals surface area (Å²) in [5, 5.41) is 3.79. The normalized spacial score (nSPS) is 11.0. The van der Waals surface area contributed by atoms with Crippen molar-refractivity contribution in [3.8, 4) is 0 Å². The molecule has 3 rings (SSSR count).